The Morgan fingerprint density at radius 1 is 0.441 bits per heavy atom. The van der Waals surface area contributed by atoms with Crippen molar-refractivity contribution in [2.75, 3.05) is 13.2 Å². The fourth-order valence-electron chi connectivity index (χ4n) is 7.30. The van der Waals surface area contributed by atoms with Gasteiger partial charge in [0.1, 0.15) is 28.4 Å². The van der Waals surface area contributed by atoms with Crippen LogP contribution in [-0.4, -0.2) is 45.6 Å². The van der Waals surface area contributed by atoms with Crippen molar-refractivity contribution in [3.8, 4) is 11.5 Å². The minimum atomic E-state index is -1.86. The smallest absolute Gasteiger partial charge is 0.311 e. The molecule has 0 aliphatic carbocycles. The molecule has 8 nitrogen and oxygen atoms in total. The molecule has 0 aromatic heterocycles. The van der Waals surface area contributed by atoms with E-state index in [9.17, 15) is 30.0 Å². The van der Waals surface area contributed by atoms with E-state index in [-0.39, 0.29) is 11.9 Å². The van der Waals surface area contributed by atoms with E-state index in [0.29, 0.717) is 35.5 Å². The summed E-state index contributed by atoms with van der Waals surface area (Å²) in [4.78, 5) is 24.8. The summed E-state index contributed by atoms with van der Waals surface area (Å²) in [5.74, 6) is -0.693. The Labute approximate surface area is 357 Å². The van der Waals surface area contributed by atoms with Gasteiger partial charge in [0, 0.05) is 12.8 Å². The highest BCUT2D eigenvalue weighted by atomic mass is 16.5. The standard InChI is InChI=1S/C51H80O8/c1-3-5-7-9-11-13-15-17-19-21-23-25-27-29-49(56)58-45-35-31-43(32-36-45)39-47(54)51(41-52,42-53)48(55)40-44-33-37-46(38-34-44)59-50(57)30-28-26-24-22-20-18-16-14-12-10-8-6-4-2/h31-40,52-55H,3-30,41-42H2,1-2H3. The van der Waals surface area contributed by atoms with Gasteiger partial charge in [0.25, 0.3) is 0 Å². The largest absolute Gasteiger partial charge is 0.511 e. The topological polar surface area (TPSA) is 134 Å². The van der Waals surface area contributed by atoms with Gasteiger partial charge in [-0.2, -0.15) is 0 Å². The van der Waals surface area contributed by atoms with Crippen LogP contribution in [0.25, 0.3) is 12.2 Å². The summed E-state index contributed by atoms with van der Waals surface area (Å²) in [5, 5.41) is 42.7. The van der Waals surface area contributed by atoms with E-state index in [1.807, 2.05) is 0 Å². The zero-order chi connectivity index (χ0) is 42.8. The van der Waals surface area contributed by atoms with Crippen LogP contribution in [0.1, 0.15) is 205 Å². The highest BCUT2D eigenvalue weighted by Crippen LogP contribution is 2.35. The van der Waals surface area contributed by atoms with Crippen LogP contribution in [0, 0.1) is 5.41 Å². The summed E-state index contributed by atoms with van der Waals surface area (Å²) in [6.45, 7) is 2.97. The lowest BCUT2D eigenvalue weighted by atomic mass is 9.83. The van der Waals surface area contributed by atoms with Crippen LogP contribution in [0.3, 0.4) is 0 Å². The van der Waals surface area contributed by atoms with Gasteiger partial charge >= 0.3 is 11.9 Å². The van der Waals surface area contributed by atoms with Crippen molar-refractivity contribution in [1.82, 2.24) is 0 Å². The van der Waals surface area contributed by atoms with Crippen LogP contribution in [0.4, 0.5) is 0 Å². The number of rotatable bonds is 36. The molecule has 59 heavy (non-hydrogen) atoms. The van der Waals surface area contributed by atoms with Crippen molar-refractivity contribution in [3.05, 3.63) is 71.2 Å². The minimum Gasteiger partial charge on any atom is -0.511 e. The zero-order valence-electron chi connectivity index (χ0n) is 36.9. The number of ether oxygens (including phenoxy) is 2. The molecule has 2 aromatic rings. The number of carbonyl (C=O) groups excluding carboxylic acids is 2. The molecular formula is C51H80O8. The third-order valence-corrected chi connectivity index (χ3v) is 11.3. The summed E-state index contributed by atoms with van der Waals surface area (Å²) in [5.41, 5.74) is -0.830. The predicted molar refractivity (Wildman–Crippen MR) is 243 cm³/mol. The highest BCUT2D eigenvalue weighted by Gasteiger charge is 2.38. The Balaban J connectivity index is 1.73. The Bertz CT molecular complexity index is 1320. The molecule has 0 bridgehead atoms. The second-order valence-corrected chi connectivity index (χ2v) is 16.5. The maximum Gasteiger partial charge on any atom is 0.311 e. The molecule has 0 amide bonds. The maximum atomic E-state index is 12.4. The van der Waals surface area contributed by atoms with E-state index in [1.165, 1.54) is 141 Å². The lowest BCUT2D eigenvalue weighted by molar-refractivity contribution is -0.135. The van der Waals surface area contributed by atoms with Crippen molar-refractivity contribution < 1.29 is 39.5 Å². The Kier molecular flexibility index (Phi) is 28.9. The fraction of sp³-hybridized carbons (Fsp3) is 0.647. The van der Waals surface area contributed by atoms with E-state index in [0.717, 1.165) is 38.5 Å². The molecule has 0 heterocycles. The first kappa shape index (κ1) is 51.5. The Morgan fingerprint density at radius 3 is 0.949 bits per heavy atom. The summed E-state index contributed by atoms with van der Waals surface area (Å²) in [6, 6.07) is 13.0. The average Bonchev–Trinajstić information content (AvgIpc) is 3.23. The van der Waals surface area contributed by atoms with Crippen LogP contribution in [0.15, 0.2) is 60.0 Å². The minimum absolute atomic E-state index is 0.287. The first-order valence-corrected chi connectivity index (χ1v) is 23.4. The molecular weight excluding hydrogens is 741 g/mol. The highest BCUT2D eigenvalue weighted by molar-refractivity contribution is 5.73. The molecule has 0 spiro atoms. The van der Waals surface area contributed by atoms with E-state index < -0.39 is 30.1 Å². The van der Waals surface area contributed by atoms with E-state index in [1.54, 1.807) is 48.5 Å². The summed E-state index contributed by atoms with van der Waals surface area (Å²) < 4.78 is 11.0. The van der Waals surface area contributed by atoms with Crippen molar-refractivity contribution in [1.29, 1.82) is 0 Å². The monoisotopic (exact) mass is 821 g/mol. The van der Waals surface area contributed by atoms with Crippen molar-refractivity contribution in [2.45, 2.75) is 194 Å². The van der Waals surface area contributed by atoms with Crippen LogP contribution >= 0.6 is 0 Å². The van der Waals surface area contributed by atoms with Crippen molar-refractivity contribution >= 4 is 24.1 Å². The van der Waals surface area contributed by atoms with E-state index in [2.05, 4.69) is 13.8 Å². The van der Waals surface area contributed by atoms with Gasteiger partial charge < -0.3 is 29.9 Å². The third kappa shape index (κ3) is 23.1. The van der Waals surface area contributed by atoms with Gasteiger partial charge in [0.15, 0.2) is 0 Å². The Morgan fingerprint density at radius 2 is 0.695 bits per heavy atom. The van der Waals surface area contributed by atoms with Gasteiger partial charge in [-0.05, 0) is 60.4 Å². The molecule has 2 aromatic carbocycles. The third-order valence-electron chi connectivity index (χ3n) is 11.3. The van der Waals surface area contributed by atoms with Gasteiger partial charge in [0.05, 0.1) is 13.2 Å². The van der Waals surface area contributed by atoms with Crippen molar-refractivity contribution in [2.24, 2.45) is 5.41 Å². The molecule has 332 valence electrons. The molecule has 0 saturated heterocycles. The fourth-order valence-corrected chi connectivity index (χ4v) is 7.30. The van der Waals surface area contributed by atoms with Crippen LogP contribution in [0.2, 0.25) is 0 Å². The SMILES string of the molecule is CCCCCCCCCCCCCCCC(=O)Oc1ccc(C=C(O)C(CO)(CO)C(O)=Cc2ccc(OC(=O)CCCCCCCCCCCCCCC)cc2)cc1. The molecule has 0 unspecified atom stereocenters. The Hall–Kier alpha value is -3.62. The summed E-state index contributed by atoms with van der Waals surface area (Å²) >= 11 is 0. The molecule has 8 heteroatoms. The molecule has 0 aliphatic rings. The van der Waals surface area contributed by atoms with Crippen LogP contribution in [0.5, 0.6) is 11.5 Å². The lowest BCUT2D eigenvalue weighted by Crippen LogP contribution is -2.34. The van der Waals surface area contributed by atoms with Gasteiger partial charge in [-0.3, -0.25) is 9.59 Å². The second kappa shape index (κ2) is 33.1. The number of hydrogen-bond donors (Lipinski definition) is 4. The van der Waals surface area contributed by atoms with Crippen LogP contribution < -0.4 is 9.47 Å². The number of unbranched alkanes of at least 4 members (excludes halogenated alkanes) is 24. The molecule has 0 aliphatic heterocycles. The molecule has 0 radical (unpaired) electrons. The average molecular weight is 821 g/mol. The number of aliphatic hydroxyl groups is 4. The number of esters is 2. The predicted octanol–water partition coefficient (Wildman–Crippen LogP) is 13.9. The van der Waals surface area contributed by atoms with E-state index in [4.69, 9.17) is 9.47 Å². The van der Waals surface area contributed by atoms with E-state index >= 15 is 0 Å². The van der Waals surface area contributed by atoms with Crippen molar-refractivity contribution in [3.63, 3.8) is 0 Å². The molecule has 4 N–H and O–H groups in total. The van der Waals surface area contributed by atoms with Crippen LogP contribution in [-0.2, 0) is 9.59 Å². The normalized spacial score (nSPS) is 12.2. The second-order valence-electron chi connectivity index (χ2n) is 16.5. The number of benzene rings is 2. The first-order chi connectivity index (χ1) is 28.8. The lowest BCUT2D eigenvalue weighted by Gasteiger charge is -2.28. The molecule has 0 fully saturated rings. The zero-order valence-corrected chi connectivity index (χ0v) is 36.9. The molecule has 0 saturated carbocycles. The van der Waals surface area contributed by atoms with Gasteiger partial charge in [-0.1, -0.05) is 192 Å². The van der Waals surface area contributed by atoms with Gasteiger partial charge in [-0.25, -0.2) is 0 Å². The first-order valence-electron chi connectivity index (χ1n) is 23.4. The quantitative estimate of drug-likeness (QED) is 0.0231. The number of hydrogen-bond acceptors (Lipinski definition) is 8. The number of aliphatic hydroxyl groups excluding tert-OH is 4. The summed E-state index contributed by atoms with van der Waals surface area (Å²) in [6.07, 6.45) is 35.6. The maximum absolute atomic E-state index is 12.4. The molecule has 2 rings (SSSR count). The van der Waals surface area contributed by atoms with Gasteiger partial charge in [-0.15, -0.1) is 0 Å². The summed E-state index contributed by atoms with van der Waals surface area (Å²) in [7, 11) is 0. The number of carbonyl (C=O) groups is 2. The molecule has 0 atom stereocenters. The van der Waals surface area contributed by atoms with Gasteiger partial charge in [0.2, 0.25) is 0 Å².